The molecular formula is C51H32N4OS. The first kappa shape index (κ1) is 32.0. The van der Waals surface area contributed by atoms with E-state index in [9.17, 15) is 0 Å². The molecule has 1 atom stereocenters. The second kappa shape index (κ2) is 12.6. The van der Waals surface area contributed by atoms with E-state index in [1.807, 2.05) is 35.6 Å². The zero-order valence-electron chi connectivity index (χ0n) is 30.6. The predicted octanol–water partition coefficient (Wildman–Crippen LogP) is 13.2. The number of fused-ring (bicyclic) bond motifs is 9. The Morgan fingerprint density at radius 2 is 1.21 bits per heavy atom. The van der Waals surface area contributed by atoms with Crippen molar-refractivity contribution in [3.63, 3.8) is 0 Å². The van der Waals surface area contributed by atoms with E-state index in [1.54, 1.807) is 0 Å². The maximum Gasteiger partial charge on any atom is 0.159 e. The number of para-hydroxylation sites is 2. The number of rotatable bonds is 5. The van der Waals surface area contributed by atoms with Crippen LogP contribution in [0.3, 0.4) is 0 Å². The summed E-state index contributed by atoms with van der Waals surface area (Å²) in [5.41, 5.74) is 10.7. The summed E-state index contributed by atoms with van der Waals surface area (Å²) in [4.78, 5) is 10.1. The topological polar surface area (TPSA) is 54.8 Å². The third-order valence-electron chi connectivity index (χ3n) is 11.3. The van der Waals surface area contributed by atoms with Gasteiger partial charge in [-0.2, -0.15) is 0 Å². The van der Waals surface area contributed by atoms with Gasteiger partial charge in [0.15, 0.2) is 5.84 Å². The zero-order chi connectivity index (χ0) is 37.5. The van der Waals surface area contributed by atoms with Gasteiger partial charge in [0.25, 0.3) is 0 Å². The quantitative estimate of drug-likeness (QED) is 0.191. The number of hydrogen-bond donors (Lipinski definition) is 1. The van der Waals surface area contributed by atoms with Crippen molar-refractivity contribution in [2.24, 2.45) is 9.98 Å². The molecule has 1 aliphatic rings. The summed E-state index contributed by atoms with van der Waals surface area (Å²) in [6, 6.07) is 64.4. The minimum atomic E-state index is -0.243. The highest BCUT2D eigenvalue weighted by Gasteiger charge is 2.22. The molecule has 0 aliphatic carbocycles. The molecule has 1 aliphatic heterocycles. The van der Waals surface area contributed by atoms with Gasteiger partial charge < -0.3 is 14.3 Å². The van der Waals surface area contributed by atoms with E-state index < -0.39 is 0 Å². The molecule has 3 aromatic heterocycles. The molecule has 268 valence electrons. The van der Waals surface area contributed by atoms with Crippen LogP contribution in [0.2, 0.25) is 0 Å². The molecule has 0 amide bonds. The van der Waals surface area contributed by atoms with Crippen LogP contribution in [0.15, 0.2) is 196 Å². The number of thiophene rings is 1. The number of nitrogens with one attached hydrogen (secondary N) is 1. The van der Waals surface area contributed by atoms with Gasteiger partial charge in [0.05, 0.1) is 11.0 Å². The number of furan rings is 1. The summed E-state index contributed by atoms with van der Waals surface area (Å²) in [7, 11) is 0. The van der Waals surface area contributed by atoms with E-state index in [1.165, 1.54) is 53.1 Å². The number of benzene rings is 8. The fourth-order valence-electron chi connectivity index (χ4n) is 8.56. The van der Waals surface area contributed by atoms with Crippen molar-refractivity contribution < 1.29 is 4.42 Å². The lowest BCUT2D eigenvalue weighted by atomic mass is 10.00. The van der Waals surface area contributed by atoms with Crippen LogP contribution >= 0.6 is 11.3 Å². The Morgan fingerprint density at radius 1 is 0.509 bits per heavy atom. The van der Waals surface area contributed by atoms with Crippen LogP contribution in [0.1, 0.15) is 22.9 Å². The molecule has 57 heavy (non-hydrogen) atoms. The molecule has 0 saturated carbocycles. The molecule has 0 spiro atoms. The minimum Gasteiger partial charge on any atom is -0.456 e. The summed E-state index contributed by atoms with van der Waals surface area (Å²) in [6.07, 6.45) is -0.243. The number of aliphatic imine (C=N–C) groups is 2. The van der Waals surface area contributed by atoms with E-state index in [0.29, 0.717) is 0 Å². The van der Waals surface area contributed by atoms with Gasteiger partial charge >= 0.3 is 0 Å². The van der Waals surface area contributed by atoms with Crippen molar-refractivity contribution in [2.45, 2.75) is 6.17 Å². The van der Waals surface area contributed by atoms with Crippen LogP contribution < -0.4 is 5.32 Å². The molecule has 4 heterocycles. The van der Waals surface area contributed by atoms with Gasteiger partial charge in [-0.15, -0.1) is 11.3 Å². The molecule has 0 saturated heterocycles. The van der Waals surface area contributed by atoms with Gasteiger partial charge in [0, 0.05) is 64.6 Å². The van der Waals surface area contributed by atoms with Crippen molar-refractivity contribution in [1.29, 1.82) is 0 Å². The number of aromatic nitrogens is 1. The Hall–Kier alpha value is -7.28. The summed E-state index contributed by atoms with van der Waals surface area (Å²) >= 11 is 1.83. The van der Waals surface area contributed by atoms with Crippen LogP contribution in [0, 0.1) is 0 Å². The molecule has 11 aromatic rings. The first-order valence-electron chi connectivity index (χ1n) is 19.2. The largest absolute Gasteiger partial charge is 0.456 e. The van der Waals surface area contributed by atoms with Gasteiger partial charge in [0.1, 0.15) is 23.2 Å². The molecule has 5 nitrogen and oxygen atoms in total. The summed E-state index contributed by atoms with van der Waals surface area (Å²) in [5.74, 6) is 1.54. The molecule has 1 N–H and O–H groups in total. The maximum atomic E-state index is 6.55. The molecular weight excluding hydrogens is 717 g/mol. The van der Waals surface area contributed by atoms with E-state index in [4.69, 9.17) is 14.4 Å². The van der Waals surface area contributed by atoms with E-state index in [0.717, 1.165) is 56.0 Å². The second-order valence-electron chi connectivity index (χ2n) is 14.6. The lowest BCUT2D eigenvalue weighted by Gasteiger charge is -2.23. The SMILES string of the molecule is c1ccc(C2=NC(c3ccccc3)NC(c3ccc4c(c3)sc3c(-c5ccc6oc7cc(-n8c9ccccc9c9ccccc98)ccc7c6c5)cccc34)=N2)cc1. The fourth-order valence-corrected chi connectivity index (χ4v) is 9.84. The average Bonchev–Trinajstić information content (AvgIpc) is 3.95. The minimum absolute atomic E-state index is 0.243. The lowest BCUT2D eigenvalue weighted by Crippen LogP contribution is -2.33. The molecule has 0 fully saturated rings. The van der Waals surface area contributed by atoms with Crippen LogP contribution in [-0.2, 0) is 0 Å². The predicted molar refractivity (Wildman–Crippen MR) is 238 cm³/mol. The molecule has 0 bridgehead atoms. The Bertz CT molecular complexity index is 3390. The van der Waals surface area contributed by atoms with Gasteiger partial charge in [0.2, 0.25) is 0 Å². The summed E-state index contributed by atoms with van der Waals surface area (Å²) in [5, 5.41) is 10.8. The van der Waals surface area contributed by atoms with Crippen molar-refractivity contribution in [3.8, 4) is 16.8 Å². The van der Waals surface area contributed by atoms with Gasteiger partial charge in [-0.05, 0) is 59.2 Å². The summed E-state index contributed by atoms with van der Waals surface area (Å²) < 4.78 is 11.4. The third kappa shape index (κ3) is 5.15. The van der Waals surface area contributed by atoms with Crippen molar-refractivity contribution in [1.82, 2.24) is 9.88 Å². The number of nitrogens with zero attached hydrogens (tertiary/aromatic N) is 3. The van der Waals surface area contributed by atoms with Crippen LogP contribution in [0.5, 0.6) is 0 Å². The van der Waals surface area contributed by atoms with Gasteiger partial charge in [-0.25, -0.2) is 9.98 Å². The molecule has 6 heteroatoms. The van der Waals surface area contributed by atoms with Crippen LogP contribution in [-0.4, -0.2) is 16.2 Å². The summed E-state index contributed by atoms with van der Waals surface area (Å²) in [6.45, 7) is 0. The Kier molecular flexibility index (Phi) is 7.09. The highest BCUT2D eigenvalue weighted by Crippen LogP contribution is 2.42. The maximum absolute atomic E-state index is 6.55. The van der Waals surface area contributed by atoms with Crippen molar-refractivity contribution >= 4 is 86.9 Å². The average molecular weight is 749 g/mol. The Labute approximate surface area is 331 Å². The molecule has 0 radical (unpaired) electrons. The van der Waals surface area contributed by atoms with Gasteiger partial charge in [-0.3, -0.25) is 0 Å². The third-order valence-corrected chi connectivity index (χ3v) is 12.5. The monoisotopic (exact) mass is 748 g/mol. The molecule has 8 aromatic carbocycles. The second-order valence-corrected chi connectivity index (χ2v) is 15.6. The van der Waals surface area contributed by atoms with Crippen LogP contribution in [0.4, 0.5) is 0 Å². The highest BCUT2D eigenvalue weighted by atomic mass is 32.1. The van der Waals surface area contributed by atoms with Crippen LogP contribution in [0.25, 0.3) is 80.7 Å². The van der Waals surface area contributed by atoms with Crippen molar-refractivity contribution in [3.05, 3.63) is 199 Å². The smallest absolute Gasteiger partial charge is 0.159 e. The standard InChI is InChI=1S/C51H32N4OS/c1-3-12-31(13-4-1)49-52-50(32-14-5-2-6-15-32)54-51(53-49)34-22-25-40-41-19-11-18-36(48(41)57-47(40)29-34)33-23-27-45-42(28-33)39-26-24-35(30-46(39)56-45)55-43-20-9-7-16-37(43)38-17-8-10-21-44(38)55/h1-30,49H,(H,52,53,54). The van der Waals surface area contributed by atoms with E-state index in [-0.39, 0.29) is 6.17 Å². The van der Waals surface area contributed by atoms with Gasteiger partial charge in [-0.1, -0.05) is 133 Å². The van der Waals surface area contributed by atoms with E-state index in [2.05, 4.69) is 168 Å². The molecule has 1 unspecified atom stereocenters. The van der Waals surface area contributed by atoms with E-state index >= 15 is 0 Å². The lowest BCUT2D eigenvalue weighted by molar-refractivity contribution is 0.668. The zero-order valence-corrected chi connectivity index (χ0v) is 31.4. The fraction of sp³-hybridized carbons (Fsp3) is 0.0196. The first-order valence-corrected chi connectivity index (χ1v) is 20.0. The van der Waals surface area contributed by atoms with Crippen molar-refractivity contribution in [2.75, 3.05) is 0 Å². The Balaban J connectivity index is 0.939. The normalized spacial score (nSPS) is 14.5. The number of hydrogen-bond acceptors (Lipinski definition) is 5. The Morgan fingerprint density at radius 3 is 2.02 bits per heavy atom. The highest BCUT2D eigenvalue weighted by molar-refractivity contribution is 7.26. The first-order chi connectivity index (χ1) is 28.2. The molecule has 12 rings (SSSR count). The number of amidine groups is 2.